The highest BCUT2D eigenvalue weighted by atomic mass is 19.1. The van der Waals surface area contributed by atoms with Gasteiger partial charge in [-0.05, 0) is 30.5 Å². The molecule has 2 rings (SSSR count). The maximum absolute atomic E-state index is 13.7. The van der Waals surface area contributed by atoms with E-state index >= 15 is 0 Å². The summed E-state index contributed by atoms with van der Waals surface area (Å²) in [5, 5.41) is 3.94. The van der Waals surface area contributed by atoms with E-state index < -0.39 is 11.6 Å². The zero-order valence-corrected chi connectivity index (χ0v) is 14.5. The molecular formula is C19H21F2NO3. The topological polar surface area (TPSA) is 47.9 Å². The molecular weight excluding hydrogens is 328 g/mol. The first-order chi connectivity index (χ1) is 12.0. The lowest BCUT2D eigenvalue weighted by atomic mass is 10.0. The van der Waals surface area contributed by atoms with Crippen molar-refractivity contribution in [3.8, 4) is 0 Å². The number of rotatable bonds is 6. The molecule has 25 heavy (non-hydrogen) atoms. The molecule has 0 atom stereocenters. The molecule has 0 amide bonds. The highest BCUT2D eigenvalue weighted by Crippen LogP contribution is 2.15. The molecule has 2 aromatic rings. The Morgan fingerprint density at radius 1 is 1.12 bits per heavy atom. The van der Waals surface area contributed by atoms with Crippen LogP contribution in [0.1, 0.15) is 27.9 Å². The second-order valence-corrected chi connectivity index (χ2v) is 5.11. The molecule has 0 saturated heterocycles. The Bertz CT molecular complexity index is 718. The van der Waals surface area contributed by atoms with Gasteiger partial charge in [0, 0.05) is 31.4 Å². The Balaban J connectivity index is 0.000000970. The third-order valence-electron chi connectivity index (χ3n) is 3.20. The summed E-state index contributed by atoms with van der Waals surface area (Å²) in [6, 6.07) is 10.4. The molecule has 2 aromatic carbocycles. The summed E-state index contributed by atoms with van der Waals surface area (Å²) >= 11 is 0. The number of halogens is 2. The summed E-state index contributed by atoms with van der Waals surface area (Å²) in [5.74, 6) is -1.19. The summed E-state index contributed by atoms with van der Waals surface area (Å²) in [6.07, 6.45) is 1.49. The standard InChI is InChI=1S/C17H15F2NO2.C2H6O/c1-22-20-17(14-4-2-3-12(9-14)11-21)8-6-13-5-7-15(18)10-16(13)19;1-3-2/h2-5,7,9-11H,6,8H2,1H3;1-2H3/b20-17+;. The zero-order valence-electron chi connectivity index (χ0n) is 14.5. The van der Waals surface area contributed by atoms with E-state index in [0.29, 0.717) is 29.7 Å². The van der Waals surface area contributed by atoms with Gasteiger partial charge in [0.2, 0.25) is 0 Å². The van der Waals surface area contributed by atoms with Crippen molar-refractivity contribution in [1.82, 2.24) is 0 Å². The number of hydrogen-bond acceptors (Lipinski definition) is 4. The van der Waals surface area contributed by atoms with Gasteiger partial charge in [-0.3, -0.25) is 4.79 Å². The van der Waals surface area contributed by atoms with Crippen LogP contribution in [0.4, 0.5) is 8.78 Å². The monoisotopic (exact) mass is 349 g/mol. The van der Waals surface area contributed by atoms with E-state index in [2.05, 4.69) is 9.89 Å². The zero-order chi connectivity index (χ0) is 18.7. The van der Waals surface area contributed by atoms with E-state index in [-0.39, 0.29) is 0 Å². The number of methoxy groups -OCH3 is 1. The summed E-state index contributed by atoms with van der Waals surface area (Å²) in [6.45, 7) is 0. The first kappa shape index (κ1) is 20.4. The summed E-state index contributed by atoms with van der Waals surface area (Å²) in [7, 11) is 4.67. The normalized spacial score (nSPS) is 10.7. The maximum atomic E-state index is 13.7. The Labute approximate surface area is 146 Å². The molecule has 0 unspecified atom stereocenters. The fraction of sp³-hybridized carbons (Fsp3) is 0.263. The molecule has 0 fully saturated rings. The van der Waals surface area contributed by atoms with Gasteiger partial charge in [0.15, 0.2) is 0 Å². The number of nitrogens with zero attached hydrogens (tertiary/aromatic N) is 1. The molecule has 0 aromatic heterocycles. The van der Waals surface area contributed by atoms with Gasteiger partial charge in [-0.25, -0.2) is 8.78 Å². The van der Waals surface area contributed by atoms with Crippen molar-refractivity contribution in [1.29, 1.82) is 0 Å². The quantitative estimate of drug-likeness (QED) is 0.449. The molecule has 0 saturated carbocycles. The average Bonchev–Trinajstić information content (AvgIpc) is 2.60. The highest BCUT2D eigenvalue weighted by molar-refractivity contribution is 6.01. The van der Waals surface area contributed by atoms with Crippen molar-refractivity contribution in [2.45, 2.75) is 12.8 Å². The van der Waals surface area contributed by atoms with Crippen LogP contribution in [0.15, 0.2) is 47.6 Å². The van der Waals surface area contributed by atoms with Crippen LogP contribution in [0.2, 0.25) is 0 Å². The molecule has 134 valence electrons. The van der Waals surface area contributed by atoms with Crippen LogP contribution in [0, 0.1) is 11.6 Å². The van der Waals surface area contributed by atoms with Crippen LogP contribution in [-0.2, 0) is 16.0 Å². The molecule has 0 spiro atoms. The van der Waals surface area contributed by atoms with Gasteiger partial charge in [-0.1, -0.05) is 29.4 Å². The molecule has 0 aliphatic rings. The fourth-order valence-electron chi connectivity index (χ4n) is 2.12. The number of carbonyl (C=O) groups is 1. The van der Waals surface area contributed by atoms with Crippen LogP contribution >= 0.6 is 0 Å². The number of benzene rings is 2. The maximum Gasteiger partial charge on any atom is 0.150 e. The number of aldehydes is 1. The van der Waals surface area contributed by atoms with E-state index in [1.807, 2.05) is 0 Å². The largest absolute Gasteiger partial charge is 0.399 e. The van der Waals surface area contributed by atoms with Crippen LogP contribution in [0.3, 0.4) is 0 Å². The Kier molecular flexibility index (Phi) is 9.03. The molecule has 0 aliphatic heterocycles. The summed E-state index contributed by atoms with van der Waals surface area (Å²) in [5.41, 5.74) is 2.25. The number of aryl methyl sites for hydroxylation is 1. The molecule has 6 heteroatoms. The first-order valence-corrected chi connectivity index (χ1v) is 7.55. The molecule has 0 heterocycles. The minimum absolute atomic E-state index is 0.347. The van der Waals surface area contributed by atoms with E-state index in [1.165, 1.54) is 19.2 Å². The van der Waals surface area contributed by atoms with E-state index in [9.17, 15) is 13.6 Å². The van der Waals surface area contributed by atoms with Gasteiger partial charge >= 0.3 is 0 Å². The second kappa shape index (κ2) is 11.0. The van der Waals surface area contributed by atoms with Crippen molar-refractivity contribution in [2.75, 3.05) is 21.3 Å². The SMILES string of the molecule is CO/N=C(\CCc1ccc(F)cc1F)c1cccc(C=O)c1.COC. The van der Waals surface area contributed by atoms with Crippen molar-refractivity contribution < 1.29 is 23.1 Å². The second-order valence-electron chi connectivity index (χ2n) is 5.11. The molecule has 4 nitrogen and oxygen atoms in total. The number of carbonyl (C=O) groups excluding carboxylic acids is 1. The molecule has 0 bridgehead atoms. The van der Waals surface area contributed by atoms with Crippen LogP contribution in [0.5, 0.6) is 0 Å². The lowest BCUT2D eigenvalue weighted by molar-refractivity contribution is 0.112. The number of oxime groups is 1. The number of ether oxygens (including phenoxy) is 1. The van der Waals surface area contributed by atoms with Gasteiger partial charge in [-0.15, -0.1) is 0 Å². The predicted molar refractivity (Wildman–Crippen MR) is 93.0 cm³/mol. The third kappa shape index (κ3) is 6.81. The summed E-state index contributed by atoms with van der Waals surface area (Å²) in [4.78, 5) is 15.7. The van der Waals surface area contributed by atoms with Gasteiger partial charge in [0.05, 0.1) is 5.71 Å². The van der Waals surface area contributed by atoms with Gasteiger partial charge in [0.1, 0.15) is 25.0 Å². The van der Waals surface area contributed by atoms with Crippen molar-refractivity contribution in [3.05, 3.63) is 70.8 Å². The summed E-state index contributed by atoms with van der Waals surface area (Å²) < 4.78 is 30.8. The van der Waals surface area contributed by atoms with E-state index in [4.69, 9.17) is 4.84 Å². The van der Waals surface area contributed by atoms with E-state index in [0.717, 1.165) is 17.9 Å². The molecule has 0 N–H and O–H groups in total. The Morgan fingerprint density at radius 2 is 1.84 bits per heavy atom. The van der Waals surface area contributed by atoms with Crippen molar-refractivity contribution >= 4 is 12.0 Å². The van der Waals surface area contributed by atoms with Crippen LogP contribution in [-0.4, -0.2) is 33.3 Å². The Morgan fingerprint density at radius 3 is 2.44 bits per heavy atom. The third-order valence-corrected chi connectivity index (χ3v) is 3.20. The van der Waals surface area contributed by atoms with Gasteiger partial charge < -0.3 is 9.57 Å². The van der Waals surface area contributed by atoms with Gasteiger partial charge in [0.25, 0.3) is 0 Å². The average molecular weight is 349 g/mol. The highest BCUT2D eigenvalue weighted by Gasteiger charge is 2.09. The van der Waals surface area contributed by atoms with Crippen LogP contribution < -0.4 is 0 Å². The van der Waals surface area contributed by atoms with Crippen molar-refractivity contribution in [2.24, 2.45) is 5.16 Å². The Hall–Kier alpha value is -2.60. The van der Waals surface area contributed by atoms with E-state index in [1.54, 1.807) is 38.5 Å². The predicted octanol–water partition coefficient (Wildman–Crippen LogP) is 4.02. The van der Waals surface area contributed by atoms with Gasteiger partial charge in [-0.2, -0.15) is 0 Å². The smallest absolute Gasteiger partial charge is 0.150 e. The van der Waals surface area contributed by atoms with Crippen molar-refractivity contribution in [3.63, 3.8) is 0 Å². The fourth-order valence-corrected chi connectivity index (χ4v) is 2.12. The molecule has 0 radical (unpaired) electrons. The van der Waals surface area contributed by atoms with Crippen LogP contribution in [0.25, 0.3) is 0 Å². The lowest BCUT2D eigenvalue weighted by Crippen LogP contribution is -2.05. The molecule has 0 aliphatic carbocycles. The minimum atomic E-state index is -0.606. The minimum Gasteiger partial charge on any atom is -0.399 e. The first-order valence-electron chi connectivity index (χ1n) is 7.55. The number of hydrogen-bond donors (Lipinski definition) is 0. The lowest BCUT2D eigenvalue weighted by Gasteiger charge is -2.08.